The number of aliphatic hydroxyl groups excluding tert-OH is 1. The van der Waals surface area contributed by atoms with Crippen molar-refractivity contribution in [1.82, 2.24) is 9.80 Å². The van der Waals surface area contributed by atoms with Gasteiger partial charge in [0.1, 0.15) is 11.9 Å². The van der Waals surface area contributed by atoms with Crippen LogP contribution in [0.5, 0.6) is 5.75 Å². The van der Waals surface area contributed by atoms with Crippen molar-refractivity contribution in [2.75, 3.05) is 32.1 Å². The number of amides is 2. The SMILES string of the molecule is C[C@H]1CN([C@@H](C)CO)C(=O)c2cc(NC(=O)C3CCCCC3)ccc2O[C@H]1CN(C)Cc1ccccc1. The summed E-state index contributed by atoms with van der Waals surface area (Å²) in [5.41, 5.74) is 2.26. The Labute approximate surface area is 220 Å². The number of anilines is 1. The number of hydrogen-bond donors (Lipinski definition) is 2. The number of nitrogens with zero attached hydrogens (tertiary/aromatic N) is 2. The molecule has 200 valence electrons. The number of carbonyl (C=O) groups is 2. The van der Waals surface area contributed by atoms with Crippen molar-refractivity contribution in [2.24, 2.45) is 11.8 Å². The highest BCUT2D eigenvalue weighted by Crippen LogP contribution is 2.32. The molecule has 3 atom stereocenters. The summed E-state index contributed by atoms with van der Waals surface area (Å²) >= 11 is 0. The summed E-state index contributed by atoms with van der Waals surface area (Å²) in [6.45, 7) is 5.79. The van der Waals surface area contributed by atoms with Crippen LogP contribution in [-0.2, 0) is 11.3 Å². The molecule has 0 unspecified atom stereocenters. The zero-order chi connectivity index (χ0) is 26.4. The minimum absolute atomic E-state index is 0.0217. The minimum atomic E-state index is -0.330. The molecule has 0 radical (unpaired) electrons. The number of benzene rings is 2. The van der Waals surface area contributed by atoms with E-state index in [4.69, 9.17) is 4.74 Å². The highest BCUT2D eigenvalue weighted by atomic mass is 16.5. The van der Waals surface area contributed by atoms with Gasteiger partial charge in [-0.15, -0.1) is 0 Å². The smallest absolute Gasteiger partial charge is 0.258 e. The average Bonchev–Trinajstić information content (AvgIpc) is 2.91. The van der Waals surface area contributed by atoms with E-state index in [2.05, 4.69) is 36.3 Å². The second-order valence-corrected chi connectivity index (χ2v) is 10.8. The molecule has 0 bridgehead atoms. The highest BCUT2D eigenvalue weighted by molar-refractivity contribution is 6.00. The lowest BCUT2D eigenvalue weighted by Crippen LogP contribution is -2.49. The van der Waals surface area contributed by atoms with Gasteiger partial charge in [-0.25, -0.2) is 0 Å². The third kappa shape index (κ3) is 6.90. The monoisotopic (exact) mass is 507 g/mol. The van der Waals surface area contributed by atoms with Crippen LogP contribution >= 0.6 is 0 Å². The topological polar surface area (TPSA) is 82.1 Å². The lowest BCUT2D eigenvalue weighted by Gasteiger charge is -2.38. The Morgan fingerprint density at radius 1 is 1.16 bits per heavy atom. The van der Waals surface area contributed by atoms with E-state index in [9.17, 15) is 14.7 Å². The van der Waals surface area contributed by atoms with Gasteiger partial charge >= 0.3 is 0 Å². The summed E-state index contributed by atoms with van der Waals surface area (Å²) in [5, 5.41) is 12.9. The third-order valence-electron chi connectivity index (χ3n) is 7.70. The van der Waals surface area contributed by atoms with Gasteiger partial charge in [0.2, 0.25) is 5.91 Å². The van der Waals surface area contributed by atoms with Crippen LogP contribution in [0.1, 0.15) is 61.9 Å². The molecule has 1 aliphatic heterocycles. The fourth-order valence-corrected chi connectivity index (χ4v) is 5.39. The Kier molecular flexibility index (Phi) is 9.22. The van der Waals surface area contributed by atoms with Gasteiger partial charge in [0.25, 0.3) is 5.91 Å². The van der Waals surface area contributed by atoms with Crippen LogP contribution < -0.4 is 10.1 Å². The molecule has 0 aromatic heterocycles. The van der Waals surface area contributed by atoms with Crippen molar-refractivity contribution >= 4 is 17.5 Å². The van der Waals surface area contributed by atoms with Gasteiger partial charge in [-0.1, -0.05) is 56.5 Å². The number of nitrogens with one attached hydrogen (secondary N) is 1. The largest absolute Gasteiger partial charge is 0.488 e. The molecular formula is C30H41N3O4. The van der Waals surface area contributed by atoms with Crippen LogP contribution in [0, 0.1) is 11.8 Å². The molecule has 1 heterocycles. The Hall–Kier alpha value is -2.90. The van der Waals surface area contributed by atoms with Gasteiger partial charge in [-0.05, 0) is 50.6 Å². The van der Waals surface area contributed by atoms with Crippen LogP contribution in [0.3, 0.4) is 0 Å². The van der Waals surface area contributed by atoms with Crippen molar-refractivity contribution in [2.45, 2.75) is 64.6 Å². The number of likely N-dealkylation sites (N-methyl/N-ethyl adjacent to an activating group) is 1. The standard InChI is InChI=1S/C30H41N3O4/c1-21-17-33(22(2)20-34)30(36)26-16-25(31-29(35)24-12-8-5-9-13-24)14-15-27(26)37-28(21)19-32(3)18-23-10-6-4-7-11-23/h4,6-7,10-11,14-16,21-22,24,28,34H,5,8-9,12-13,17-20H2,1-3H3,(H,31,35)/t21-,22-,28-/m0/s1. The molecule has 0 saturated heterocycles. The molecule has 2 aliphatic rings. The summed E-state index contributed by atoms with van der Waals surface area (Å²) in [6.07, 6.45) is 5.03. The highest BCUT2D eigenvalue weighted by Gasteiger charge is 2.33. The maximum atomic E-state index is 13.7. The maximum Gasteiger partial charge on any atom is 0.258 e. The van der Waals surface area contributed by atoms with E-state index in [1.807, 2.05) is 31.2 Å². The molecule has 1 aliphatic carbocycles. The van der Waals surface area contributed by atoms with Crippen molar-refractivity contribution in [3.05, 3.63) is 59.7 Å². The molecule has 7 heteroatoms. The van der Waals surface area contributed by atoms with E-state index in [1.54, 1.807) is 17.0 Å². The van der Waals surface area contributed by atoms with Crippen molar-refractivity contribution < 1.29 is 19.4 Å². The first-order chi connectivity index (χ1) is 17.9. The Balaban J connectivity index is 1.57. The average molecular weight is 508 g/mol. The summed E-state index contributed by atoms with van der Waals surface area (Å²) < 4.78 is 6.50. The number of ether oxygens (including phenoxy) is 1. The first kappa shape index (κ1) is 27.1. The second kappa shape index (κ2) is 12.6. The number of carbonyl (C=O) groups excluding carboxylic acids is 2. The molecule has 2 amide bonds. The molecule has 7 nitrogen and oxygen atoms in total. The second-order valence-electron chi connectivity index (χ2n) is 10.8. The molecule has 0 spiro atoms. The summed E-state index contributed by atoms with van der Waals surface area (Å²) in [4.78, 5) is 30.5. The van der Waals surface area contributed by atoms with Gasteiger partial charge in [0.15, 0.2) is 0 Å². The number of aliphatic hydroxyl groups is 1. The predicted octanol–water partition coefficient (Wildman–Crippen LogP) is 4.56. The fourth-order valence-electron chi connectivity index (χ4n) is 5.39. The number of hydrogen-bond acceptors (Lipinski definition) is 5. The zero-order valence-corrected chi connectivity index (χ0v) is 22.4. The van der Waals surface area contributed by atoms with E-state index in [0.717, 1.165) is 32.2 Å². The Morgan fingerprint density at radius 3 is 2.59 bits per heavy atom. The lowest BCUT2D eigenvalue weighted by molar-refractivity contribution is -0.120. The Bertz CT molecular complexity index is 1050. The number of rotatable bonds is 8. The third-order valence-corrected chi connectivity index (χ3v) is 7.70. The predicted molar refractivity (Wildman–Crippen MR) is 146 cm³/mol. The molecule has 4 rings (SSSR count). The summed E-state index contributed by atoms with van der Waals surface area (Å²) in [5.74, 6) is 0.427. The van der Waals surface area contributed by atoms with Gasteiger partial charge in [0.05, 0.1) is 18.2 Å². The normalized spacial score (nSPS) is 21.5. The minimum Gasteiger partial charge on any atom is -0.488 e. The fraction of sp³-hybridized carbons (Fsp3) is 0.533. The van der Waals surface area contributed by atoms with Gasteiger partial charge in [-0.2, -0.15) is 0 Å². The first-order valence-electron chi connectivity index (χ1n) is 13.6. The molecular weight excluding hydrogens is 466 g/mol. The number of fused-ring (bicyclic) bond motifs is 1. The van der Waals surface area contributed by atoms with Crippen molar-refractivity contribution in [1.29, 1.82) is 0 Å². The Morgan fingerprint density at radius 2 is 1.89 bits per heavy atom. The summed E-state index contributed by atoms with van der Waals surface area (Å²) in [6, 6.07) is 15.3. The summed E-state index contributed by atoms with van der Waals surface area (Å²) in [7, 11) is 2.08. The van der Waals surface area contributed by atoms with Crippen LogP contribution in [0.25, 0.3) is 0 Å². The van der Waals surface area contributed by atoms with Crippen LogP contribution in [0.15, 0.2) is 48.5 Å². The van der Waals surface area contributed by atoms with E-state index in [1.165, 1.54) is 12.0 Å². The quantitative estimate of drug-likeness (QED) is 0.548. The van der Waals surface area contributed by atoms with Crippen LogP contribution in [-0.4, -0.2) is 65.6 Å². The van der Waals surface area contributed by atoms with Crippen molar-refractivity contribution in [3.63, 3.8) is 0 Å². The van der Waals surface area contributed by atoms with E-state index in [0.29, 0.717) is 30.1 Å². The molecule has 1 saturated carbocycles. The molecule has 2 aromatic rings. The van der Waals surface area contributed by atoms with E-state index >= 15 is 0 Å². The maximum absolute atomic E-state index is 13.7. The van der Waals surface area contributed by atoms with Gasteiger partial charge in [-0.3, -0.25) is 14.5 Å². The molecule has 37 heavy (non-hydrogen) atoms. The van der Waals surface area contributed by atoms with E-state index < -0.39 is 0 Å². The van der Waals surface area contributed by atoms with Crippen LogP contribution in [0.4, 0.5) is 5.69 Å². The van der Waals surface area contributed by atoms with Gasteiger partial charge in [0, 0.05) is 37.2 Å². The first-order valence-corrected chi connectivity index (χ1v) is 13.6. The lowest BCUT2D eigenvalue weighted by atomic mass is 9.88. The van der Waals surface area contributed by atoms with Crippen LogP contribution in [0.2, 0.25) is 0 Å². The molecule has 2 N–H and O–H groups in total. The zero-order valence-electron chi connectivity index (χ0n) is 22.4. The van der Waals surface area contributed by atoms with Crippen molar-refractivity contribution in [3.8, 4) is 5.75 Å². The van der Waals surface area contributed by atoms with Gasteiger partial charge < -0.3 is 20.1 Å². The van der Waals surface area contributed by atoms with E-state index in [-0.39, 0.29) is 42.4 Å². The molecule has 2 aromatic carbocycles. The molecule has 1 fully saturated rings.